The standard InChI is InChI=1S/C16H29NO5.Li/c1-2-3-4-5-6-7-10-17(13-14-18,11-8-15(19)20)12-9-16(21)22;/h2-3,18H,4-14H2,1H3,(H-,19,20,21,22);/q;+1/b3-2+;. The monoisotopic (exact) mass is 322 g/mol. The zero-order valence-corrected chi connectivity index (χ0v) is 14.5. The number of quaternary nitrogens is 1. The summed E-state index contributed by atoms with van der Waals surface area (Å²) in [4.78, 5) is 21.6. The minimum absolute atomic E-state index is 0. The molecule has 0 radical (unpaired) electrons. The van der Waals surface area contributed by atoms with E-state index in [1.165, 1.54) is 0 Å². The molecular weight excluding hydrogens is 293 g/mol. The fourth-order valence-corrected chi connectivity index (χ4v) is 2.60. The number of carboxylic acid groups (broad SMARTS) is 2. The number of aliphatic hydroxyl groups is 1. The Morgan fingerprint density at radius 2 is 1.70 bits per heavy atom. The molecule has 0 rings (SSSR count). The quantitative estimate of drug-likeness (QED) is 0.160. The Kier molecular flexibility index (Phi) is 15.7. The Bertz CT molecular complexity index is 342. The summed E-state index contributed by atoms with van der Waals surface area (Å²) in [5.74, 6) is -2.04. The molecule has 0 fully saturated rings. The van der Waals surface area contributed by atoms with Crippen molar-refractivity contribution in [2.75, 3.05) is 32.8 Å². The second kappa shape index (κ2) is 14.8. The van der Waals surface area contributed by atoms with Crippen LogP contribution in [0.5, 0.6) is 0 Å². The zero-order chi connectivity index (χ0) is 16.8. The zero-order valence-electron chi connectivity index (χ0n) is 14.5. The van der Waals surface area contributed by atoms with Gasteiger partial charge in [-0.2, -0.15) is 0 Å². The third-order valence-corrected chi connectivity index (χ3v) is 3.90. The Labute approximate surface area is 150 Å². The molecule has 23 heavy (non-hydrogen) atoms. The molecule has 128 valence electrons. The molecule has 0 aromatic rings. The van der Waals surface area contributed by atoms with Gasteiger partial charge in [-0.1, -0.05) is 12.2 Å². The first-order valence-corrected chi connectivity index (χ1v) is 7.94. The van der Waals surface area contributed by atoms with Gasteiger partial charge in [-0.05, 0) is 32.6 Å². The first-order chi connectivity index (χ1) is 10.5. The van der Waals surface area contributed by atoms with E-state index in [9.17, 15) is 19.8 Å². The molecule has 0 bridgehead atoms. The number of nitrogens with zero attached hydrogens (tertiary/aromatic N) is 1. The van der Waals surface area contributed by atoms with Gasteiger partial charge in [0.05, 0.1) is 32.7 Å². The van der Waals surface area contributed by atoms with Crippen molar-refractivity contribution in [3.63, 3.8) is 0 Å². The molecule has 7 heteroatoms. The van der Waals surface area contributed by atoms with E-state index >= 15 is 0 Å². The van der Waals surface area contributed by atoms with Crippen LogP contribution in [0, 0.1) is 0 Å². The van der Waals surface area contributed by atoms with Crippen molar-refractivity contribution in [2.24, 2.45) is 0 Å². The van der Waals surface area contributed by atoms with Gasteiger partial charge in [-0.15, -0.1) is 0 Å². The van der Waals surface area contributed by atoms with E-state index < -0.39 is 11.9 Å². The van der Waals surface area contributed by atoms with Crippen molar-refractivity contribution in [1.82, 2.24) is 0 Å². The average molecular weight is 322 g/mol. The molecule has 0 saturated heterocycles. The van der Waals surface area contributed by atoms with E-state index in [1.807, 2.05) is 13.0 Å². The van der Waals surface area contributed by atoms with Crippen molar-refractivity contribution >= 4 is 11.9 Å². The molecule has 0 aromatic heterocycles. The minimum Gasteiger partial charge on any atom is -0.550 e. The molecule has 0 aliphatic heterocycles. The van der Waals surface area contributed by atoms with E-state index in [2.05, 4.69) is 6.08 Å². The van der Waals surface area contributed by atoms with E-state index in [-0.39, 0.29) is 38.3 Å². The van der Waals surface area contributed by atoms with Crippen molar-refractivity contribution in [3.05, 3.63) is 12.2 Å². The summed E-state index contributed by atoms with van der Waals surface area (Å²) in [6.45, 7) is 3.63. The smallest absolute Gasteiger partial charge is 0.550 e. The molecule has 0 aromatic carbocycles. The van der Waals surface area contributed by atoms with E-state index in [1.54, 1.807) is 0 Å². The van der Waals surface area contributed by atoms with Crippen LogP contribution in [-0.2, 0) is 9.59 Å². The van der Waals surface area contributed by atoms with Crippen LogP contribution in [0.1, 0.15) is 45.4 Å². The van der Waals surface area contributed by atoms with Crippen LogP contribution in [0.15, 0.2) is 12.2 Å². The Morgan fingerprint density at radius 1 is 1.04 bits per heavy atom. The molecule has 0 spiro atoms. The van der Waals surface area contributed by atoms with Crippen LogP contribution < -0.4 is 24.0 Å². The van der Waals surface area contributed by atoms with Gasteiger partial charge in [0.15, 0.2) is 0 Å². The molecule has 1 atom stereocenters. The van der Waals surface area contributed by atoms with Gasteiger partial charge in [0.2, 0.25) is 0 Å². The summed E-state index contributed by atoms with van der Waals surface area (Å²) in [6.07, 6.45) is 7.96. The normalized spacial score (nSPS) is 13.5. The summed E-state index contributed by atoms with van der Waals surface area (Å²) >= 11 is 0. The number of carbonyl (C=O) groups is 2. The first kappa shape index (κ1) is 24.4. The van der Waals surface area contributed by atoms with Crippen LogP contribution >= 0.6 is 0 Å². The molecule has 1 unspecified atom stereocenters. The number of hydrogen-bond donors (Lipinski definition) is 2. The summed E-state index contributed by atoms with van der Waals surface area (Å²) < 4.78 is 0.334. The summed E-state index contributed by atoms with van der Waals surface area (Å²) in [6, 6.07) is 0. The van der Waals surface area contributed by atoms with Gasteiger partial charge in [-0.3, -0.25) is 4.79 Å². The minimum atomic E-state index is -1.14. The van der Waals surface area contributed by atoms with Gasteiger partial charge in [0.1, 0.15) is 6.54 Å². The summed E-state index contributed by atoms with van der Waals surface area (Å²) in [5.41, 5.74) is 0. The maximum absolute atomic E-state index is 10.8. The first-order valence-electron chi connectivity index (χ1n) is 7.94. The fourth-order valence-electron chi connectivity index (χ4n) is 2.60. The van der Waals surface area contributed by atoms with Crippen LogP contribution in [0.4, 0.5) is 0 Å². The predicted molar refractivity (Wildman–Crippen MR) is 82.0 cm³/mol. The molecule has 0 heterocycles. The number of carbonyl (C=O) groups excluding carboxylic acids is 1. The van der Waals surface area contributed by atoms with Crippen LogP contribution in [-0.4, -0.2) is 59.4 Å². The Balaban J connectivity index is 0. The second-order valence-electron chi connectivity index (χ2n) is 5.64. The number of hydrogen-bond acceptors (Lipinski definition) is 4. The molecule has 0 aliphatic carbocycles. The van der Waals surface area contributed by atoms with Crippen LogP contribution in [0.25, 0.3) is 0 Å². The number of aliphatic carboxylic acids is 2. The van der Waals surface area contributed by atoms with Crippen molar-refractivity contribution in [3.8, 4) is 0 Å². The van der Waals surface area contributed by atoms with Gasteiger partial charge in [-0.25, -0.2) is 0 Å². The number of aliphatic hydroxyl groups excluding tert-OH is 1. The van der Waals surface area contributed by atoms with Gasteiger partial charge in [0.25, 0.3) is 0 Å². The van der Waals surface area contributed by atoms with E-state index in [0.717, 1.165) is 25.7 Å². The van der Waals surface area contributed by atoms with Gasteiger partial charge >= 0.3 is 24.8 Å². The molecule has 2 N–H and O–H groups in total. The Hall–Kier alpha value is -0.803. The fraction of sp³-hybridized carbons (Fsp3) is 0.750. The number of rotatable bonds is 14. The predicted octanol–water partition coefficient (Wildman–Crippen LogP) is -2.45. The van der Waals surface area contributed by atoms with Crippen molar-refractivity contribution in [1.29, 1.82) is 0 Å². The maximum atomic E-state index is 10.8. The molecule has 0 aliphatic rings. The van der Waals surface area contributed by atoms with Gasteiger partial charge in [0, 0.05) is 12.4 Å². The Morgan fingerprint density at radius 3 is 2.22 bits per heavy atom. The average Bonchev–Trinajstić information content (AvgIpc) is 2.46. The van der Waals surface area contributed by atoms with Crippen molar-refractivity contribution in [2.45, 2.75) is 45.4 Å². The van der Waals surface area contributed by atoms with Gasteiger partial charge < -0.3 is 24.6 Å². The SMILES string of the molecule is C/C=C/CCCCC[N+](CCO)(CCC(=O)[O-])CCC(=O)O.[Li+]. The third-order valence-electron chi connectivity index (χ3n) is 3.90. The largest absolute Gasteiger partial charge is 1.00 e. The molecule has 0 saturated carbocycles. The number of carboxylic acids is 2. The number of unbranched alkanes of at least 4 members (excludes halogenated alkanes) is 3. The van der Waals surface area contributed by atoms with E-state index in [0.29, 0.717) is 30.7 Å². The summed E-state index contributed by atoms with van der Waals surface area (Å²) in [7, 11) is 0. The third kappa shape index (κ3) is 13.3. The topological polar surface area (TPSA) is 97.7 Å². The molecule has 0 amide bonds. The number of allylic oxidation sites excluding steroid dienone is 2. The maximum Gasteiger partial charge on any atom is 1.00 e. The second-order valence-corrected chi connectivity index (χ2v) is 5.64. The molecule has 6 nitrogen and oxygen atoms in total. The molecular formula is C16H29LiNO5+. The van der Waals surface area contributed by atoms with Crippen LogP contribution in [0.3, 0.4) is 0 Å². The summed E-state index contributed by atoms with van der Waals surface area (Å²) in [5, 5.41) is 28.9. The van der Waals surface area contributed by atoms with Crippen molar-refractivity contribution < 1.29 is 48.3 Å². The van der Waals surface area contributed by atoms with Crippen LogP contribution in [0.2, 0.25) is 0 Å². The van der Waals surface area contributed by atoms with E-state index in [4.69, 9.17) is 5.11 Å².